The first-order chi connectivity index (χ1) is 7.76. The van der Waals surface area contributed by atoms with Gasteiger partial charge in [0, 0.05) is 10.6 Å². The largest absolute Gasteiger partial charge is 0.115 e. The van der Waals surface area contributed by atoms with Crippen molar-refractivity contribution in [3.05, 3.63) is 34.9 Å². The molecular weight excluding hydrogens is 216 g/mol. The van der Waals surface area contributed by atoms with Gasteiger partial charge in [0.05, 0.1) is 0 Å². The van der Waals surface area contributed by atoms with Crippen LogP contribution in [0.25, 0.3) is 0 Å². The predicted molar refractivity (Wildman–Crippen MR) is 71.6 cm³/mol. The Bertz CT molecular complexity index is 345. The number of rotatable bonds is 2. The molecule has 0 nitrogen and oxygen atoms in total. The fourth-order valence-electron chi connectivity index (χ4n) is 1.77. The van der Waals surface area contributed by atoms with Crippen LogP contribution in [-0.2, 0) is 0 Å². The van der Waals surface area contributed by atoms with E-state index in [1.807, 2.05) is 12.1 Å². The minimum Gasteiger partial charge on any atom is -0.115 e. The lowest BCUT2D eigenvalue weighted by molar-refractivity contribution is 0.294. The highest BCUT2D eigenvalue weighted by Gasteiger charge is 2.14. The van der Waals surface area contributed by atoms with Gasteiger partial charge in [-0.15, -0.1) is 6.42 Å². The minimum atomic E-state index is 0.686. The molecule has 1 aromatic carbocycles. The summed E-state index contributed by atoms with van der Waals surface area (Å²) in [7, 11) is 0. The second-order valence-corrected chi connectivity index (χ2v) is 4.68. The molecule has 0 aromatic heterocycles. The summed E-state index contributed by atoms with van der Waals surface area (Å²) >= 11 is 5.63. The summed E-state index contributed by atoms with van der Waals surface area (Å²) in [4.78, 5) is 0. The Balaban J connectivity index is 0.000000165. The highest BCUT2D eigenvalue weighted by molar-refractivity contribution is 6.30. The van der Waals surface area contributed by atoms with Gasteiger partial charge < -0.3 is 0 Å². The van der Waals surface area contributed by atoms with Crippen LogP contribution in [0.4, 0.5) is 0 Å². The van der Waals surface area contributed by atoms with Crippen LogP contribution in [-0.4, -0.2) is 0 Å². The molecule has 0 bridgehead atoms. The molecule has 1 heteroatoms. The van der Waals surface area contributed by atoms with Gasteiger partial charge in [-0.05, 0) is 24.1 Å². The molecular formula is C15H19Cl. The van der Waals surface area contributed by atoms with Crippen molar-refractivity contribution in [1.29, 1.82) is 0 Å². The zero-order valence-electron chi connectivity index (χ0n) is 9.88. The lowest BCUT2D eigenvalue weighted by Gasteiger charge is -2.24. The van der Waals surface area contributed by atoms with Crippen LogP contribution in [0.1, 0.15) is 44.6 Å². The fourth-order valence-corrected chi connectivity index (χ4v) is 1.96. The van der Waals surface area contributed by atoms with Crippen molar-refractivity contribution < 1.29 is 0 Å². The first-order valence-corrected chi connectivity index (χ1v) is 6.36. The maximum absolute atomic E-state index is 5.63. The summed E-state index contributed by atoms with van der Waals surface area (Å²) < 4.78 is 0. The number of hydrogen-bond acceptors (Lipinski definition) is 0. The van der Waals surface area contributed by atoms with Gasteiger partial charge in [0.25, 0.3) is 0 Å². The Morgan fingerprint density at radius 3 is 2.50 bits per heavy atom. The standard InChI is InChI=1S/C8H5Cl.C7H14/c1-2-7-4-3-5-8(9)6-7;1-2-4-7-5-3-6-7/h1,3-6H;7H,2-6H2,1H3. The fraction of sp³-hybridized carbons (Fsp3) is 0.467. The van der Waals surface area contributed by atoms with Crippen LogP contribution in [0.3, 0.4) is 0 Å². The minimum absolute atomic E-state index is 0.686. The molecule has 0 heterocycles. The molecule has 0 saturated heterocycles. The molecule has 1 saturated carbocycles. The molecule has 0 unspecified atom stereocenters. The molecule has 1 aliphatic rings. The Kier molecular flexibility index (Phi) is 6.04. The molecule has 1 aliphatic carbocycles. The Hall–Kier alpha value is -0.930. The number of halogens is 1. The lowest BCUT2D eigenvalue weighted by atomic mass is 9.82. The zero-order chi connectivity index (χ0) is 11.8. The maximum Gasteiger partial charge on any atom is 0.0418 e. The molecule has 1 aromatic rings. The van der Waals surface area contributed by atoms with Crippen molar-refractivity contribution in [3.8, 4) is 12.3 Å². The third-order valence-electron chi connectivity index (χ3n) is 2.91. The smallest absolute Gasteiger partial charge is 0.0418 e. The van der Waals surface area contributed by atoms with E-state index in [0.29, 0.717) is 5.02 Å². The van der Waals surface area contributed by atoms with E-state index in [-0.39, 0.29) is 0 Å². The van der Waals surface area contributed by atoms with Crippen molar-refractivity contribution in [2.75, 3.05) is 0 Å². The van der Waals surface area contributed by atoms with E-state index in [2.05, 4.69) is 12.8 Å². The van der Waals surface area contributed by atoms with Crippen LogP contribution < -0.4 is 0 Å². The molecule has 16 heavy (non-hydrogen) atoms. The van der Waals surface area contributed by atoms with Gasteiger partial charge >= 0.3 is 0 Å². The third kappa shape index (κ3) is 4.73. The van der Waals surface area contributed by atoms with Gasteiger partial charge in [-0.25, -0.2) is 0 Å². The van der Waals surface area contributed by atoms with Crippen LogP contribution in [0.15, 0.2) is 24.3 Å². The average molecular weight is 235 g/mol. The highest BCUT2D eigenvalue weighted by Crippen LogP contribution is 2.29. The van der Waals surface area contributed by atoms with Crippen LogP contribution >= 0.6 is 11.6 Å². The van der Waals surface area contributed by atoms with Crippen molar-refractivity contribution >= 4 is 11.6 Å². The lowest BCUT2D eigenvalue weighted by Crippen LogP contribution is -2.09. The van der Waals surface area contributed by atoms with Crippen molar-refractivity contribution in [2.45, 2.75) is 39.0 Å². The number of benzene rings is 1. The third-order valence-corrected chi connectivity index (χ3v) is 3.15. The van der Waals surface area contributed by atoms with E-state index < -0.39 is 0 Å². The van der Waals surface area contributed by atoms with E-state index in [1.54, 1.807) is 12.1 Å². The highest BCUT2D eigenvalue weighted by atomic mass is 35.5. The molecule has 1 fully saturated rings. The summed E-state index contributed by atoms with van der Waals surface area (Å²) in [5.41, 5.74) is 0.822. The summed E-state index contributed by atoms with van der Waals surface area (Å²) in [5.74, 6) is 3.61. The molecule has 0 spiro atoms. The molecule has 2 rings (SSSR count). The number of hydrogen-bond donors (Lipinski definition) is 0. The van der Waals surface area contributed by atoms with Crippen LogP contribution in [0.2, 0.25) is 5.02 Å². The topological polar surface area (TPSA) is 0 Å². The summed E-state index contributed by atoms with van der Waals surface area (Å²) in [6.45, 7) is 2.28. The van der Waals surface area contributed by atoms with Crippen LogP contribution in [0.5, 0.6) is 0 Å². The molecule has 0 radical (unpaired) electrons. The van der Waals surface area contributed by atoms with E-state index in [1.165, 1.54) is 32.1 Å². The maximum atomic E-state index is 5.63. The monoisotopic (exact) mass is 234 g/mol. The van der Waals surface area contributed by atoms with E-state index in [4.69, 9.17) is 18.0 Å². The first kappa shape index (κ1) is 13.1. The summed E-state index contributed by atoms with van der Waals surface area (Å²) in [5, 5.41) is 0.686. The normalized spacial score (nSPS) is 14.3. The van der Waals surface area contributed by atoms with E-state index in [9.17, 15) is 0 Å². The van der Waals surface area contributed by atoms with E-state index in [0.717, 1.165) is 11.5 Å². The Morgan fingerprint density at radius 1 is 1.44 bits per heavy atom. The molecule has 0 N–H and O–H groups in total. The summed E-state index contributed by atoms with van der Waals surface area (Å²) in [6, 6.07) is 7.22. The second kappa shape index (κ2) is 7.36. The Labute approximate surface area is 104 Å². The van der Waals surface area contributed by atoms with Gasteiger partial charge in [0.15, 0.2) is 0 Å². The van der Waals surface area contributed by atoms with Crippen molar-refractivity contribution in [1.82, 2.24) is 0 Å². The number of terminal acetylenes is 1. The van der Waals surface area contributed by atoms with Crippen molar-refractivity contribution in [2.24, 2.45) is 5.92 Å². The SMILES string of the molecule is C#Cc1cccc(Cl)c1.CCCC1CCC1. The van der Waals surface area contributed by atoms with Gasteiger partial charge in [0.2, 0.25) is 0 Å². The van der Waals surface area contributed by atoms with Gasteiger partial charge in [-0.3, -0.25) is 0 Å². The molecule has 0 aliphatic heterocycles. The zero-order valence-corrected chi connectivity index (χ0v) is 10.6. The van der Waals surface area contributed by atoms with Crippen molar-refractivity contribution in [3.63, 3.8) is 0 Å². The predicted octanol–water partition coefficient (Wildman–Crippen LogP) is 4.91. The van der Waals surface area contributed by atoms with Gasteiger partial charge in [-0.2, -0.15) is 0 Å². The Morgan fingerprint density at radius 2 is 2.19 bits per heavy atom. The first-order valence-electron chi connectivity index (χ1n) is 5.98. The molecule has 0 atom stereocenters. The van der Waals surface area contributed by atoms with Gasteiger partial charge in [-0.1, -0.05) is 62.6 Å². The molecule has 0 amide bonds. The van der Waals surface area contributed by atoms with E-state index >= 15 is 0 Å². The second-order valence-electron chi connectivity index (χ2n) is 4.24. The van der Waals surface area contributed by atoms with Crippen LogP contribution in [0, 0.1) is 18.3 Å². The quantitative estimate of drug-likeness (QED) is 0.638. The van der Waals surface area contributed by atoms with Gasteiger partial charge in [0.1, 0.15) is 0 Å². The summed E-state index contributed by atoms with van der Waals surface area (Å²) in [6.07, 6.45) is 12.5. The molecule has 86 valence electrons. The average Bonchev–Trinajstić information content (AvgIpc) is 2.24.